The van der Waals surface area contributed by atoms with Crippen molar-refractivity contribution in [3.63, 3.8) is 0 Å². The Labute approximate surface area is 180 Å². The van der Waals surface area contributed by atoms with Gasteiger partial charge in [-0.2, -0.15) is 0 Å². The molecule has 0 spiro atoms. The minimum absolute atomic E-state index is 0.0327. The molecule has 1 aromatic carbocycles. The fourth-order valence-corrected chi connectivity index (χ4v) is 4.75. The first kappa shape index (κ1) is 19.4. The van der Waals surface area contributed by atoms with Gasteiger partial charge in [0.2, 0.25) is 0 Å². The van der Waals surface area contributed by atoms with Gasteiger partial charge in [-0.3, -0.25) is 4.79 Å². The maximum absolute atomic E-state index is 12.7. The van der Waals surface area contributed by atoms with Crippen LogP contribution in [0.4, 0.5) is 5.82 Å². The van der Waals surface area contributed by atoms with E-state index in [4.69, 9.17) is 16.0 Å². The van der Waals surface area contributed by atoms with E-state index >= 15 is 0 Å². The van der Waals surface area contributed by atoms with Crippen molar-refractivity contribution in [2.24, 2.45) is 0 Å². The number of anilines is 1. The van der Waals surface area contributed by atoms with E-state index in [-0.39, 0.29) is 5.91 Å². The van der Waals surface area contributed by atoms with Gasteiger partial charge in [0.25, 0.3) is 5.91 Å². The molecule has 2 fully saturated rings. The lowest BCUT2D eigenvalue weighted by molar-refractivity contribution is 0.0724. The summed E-state index contributed by atoms with van der Waals surface area (Å²) in [6, 6.07) is 9.65. The number of amides is 1. The molecule has 4 heterocycles. The average molecular weight is 425 g/mol. The molecule has 5 rings (SSSR count). The Bertz CT molecular complexity index is 1020. The minimum Gasteiger partial charge on any atom is -0.440 e. The fourth-order valence-electron chi connectivity index (χ4n) is 4.46. The third kappa shape index (κ3) is 3.76. The lowest BCUT2D eigenvalue weighted by atomic mass is 9.97. The van der Waals surface area contributed by atoms with Crippen LogP contribution in [0, 0.1) is 0 Å². The second kappa shape index (κ2) is 8.26. The number of pyridine rings is 1. The molecular weight excluding hydrogens is 400 g/mol. The van der Waals surface area contributed by atoms with E-state index in [1.807, 2.05) is 29.2 Å². The molecule has 0 N–H and O–H groups in total. The van der Waals surface area contributed by atoms with Crippen molar-refractivity contribution in [3.05, 3.63) is 53.0 Å². The van der Waals surface area contributed by atoms with Gasteiger partial charge in [-0.25, -0.2) is 9.97 Å². The number of carbonyl (C=O) groups excluding carboxylic acids is 1. The van der Waals surface area contributed by atoms with E-state index in [1.54, 1.807) is 12.3 Å². The van der Waals surface area contributed by atoms with Crippen molar-refractivity contribution in [1.29, 1.82) is 0 Å². The van der Waals surface area contributed by atoms with Crippen LogP contribution in [0.1, 0.15) is 54.3 Å². The molecule has 0 aliphatic carbocycles. The van der Waals surface area contributed by atoms with Crippen molar-refractivity contribution >= 4 is 34.4 Å². The summed E-state index contributed by atoms with van der Waals surface area (Å²) >= 11 is 6.55. The summed E-state index contributed by atoms with van der Waals surface area (Å²) in [7, 11) is 0. The minimum atomic E-state index is 0.0327. The van der Waals surface area contributed by atoms with Gasteiger partial charge in [0.1, 0.15) is 11.3 Å². The Morgan fingerprint density at radius 1 is 1.07 bits per heavy atom. The zero-order valence-corrected chi connectivity index (χ0v) is 17.6. The Morgan fingerprint density at radius 2 is 1.83 bits per heavy atom. The molecule has 156 valence electrons. The van der Waals surface area contributed by atoms with Gasteiger partial charge in [0, 0.05) is 38.3 Å². The Kier molecular flexibility index (Phi) is 5.34. The van der Waals surface area contributed by atoms with Gasteiger partial charge >= 0.3 is 0 Å². The van der Waals surface area contributed by atoms with Gasteiger partial charge in [0.15, 0.2) is 11.5 Å². The van der Waals surface area contributed by atoms with Gasteiger partial charge in [-0.1, -0.05) is 23.7 Å². The first-order chi connectivity index (χ1) is 14.7. The average Bonchev–Trinajstić information content (AvgIpc) is 3.24. The largest absolute Gasteiger partial charge is 0.440 e. The molecule has 1 amide bonds. The molecule has 3 aromatic rings. The first-order valence-electron chi connectivity index (χ1n) is 10.7. The maximum Gasteiger partial charge on any atom is 0.255 e. The second-order valence-corrected chi connectivity index (χ2v) is 8.57. The number of oxazole rings is 1. The number of halogens is 1. The predicted octanol–water partition coefficient (Wildman–Crippen LogP) is 4.89. The number of fused-ring (bicyclic) bond motifs is 1. The van der Waals surface area contributed by atoms with Gasteiger partial charge in [-0.05, 0) is 50.3 Å². The number of likely N-dealkylation sites (tertiary alicyclic amines) is 1. The first-order valence-corrected chi connectivity index (χ1v) is 11.1. The van der Waals surface area contributed by atoms with E-state index < -0.39 is 0 Å². The summed E-state index contributed by atoms with van der Waals surface area (Å²) in [5.74, 6) is 1.90. The molecule has 0 unspecified atom stereocenters. The molecule has 2 aliphatic rings. The van der Waals surface area contributed by atoms with Gasteiger partial charge in [-0.15, -0.1) is 0 Å². The lowest BCUT2D eigenvalue weighted by Crippen LogP contribution is -2.36. The number of carbonyl (C=O) groups is 1. The van der Waals surface area contributed by atoms with Gasteiger partial charge in [0.05, 0.1) is 10.6 Å². The number of rotatable bonds is 3. The molecule has 0 atom stereocenters. The van der Waals surface area contributed by atoms with Crippen molar-refractivity contribution in [1.82, 2.24) is 14.9 Å². The summed E-state index contributed by atoms with van der Waals surface area (Å²) in [4.78, 5) is 26.0. The van der Waals surface area contributed by atoms with Crippen LogP contribution >= 0.6 is 11.6 Å². The summed E-state index contributed by atoms with van der Waals surface area (Å²) in [5, 5.41) is 0.540. The highest BCUT2D eigenvalue weighted by Crippen LogP contribution is 2.33. The van der Waals surface area contributed by atoms with Crippen molar-refractivity contribution in [2.45, 2.75) is 38.0 Å². The third-order valence-electron chi connectivity index (χ3n) is 6.17. The highest BCUT2D eigenvalue weighted by atomic mass is 35.5. The van der Waals surface area contributed by atoms with Crippen LogP contribution in [-0.4, -0.2) is 47.0 Å². The fraction of sp³-hybridized carbons (Fsp3) is 0.435. The van der Waals surface area contributed by atoms with E-state index in [9.17, 15) is 4.79 Å². The number of para-hydroxylation sites is 2. The maximum atomic E-state index is 12.7. The number of aromatic nitrogens is 2. The molecule has 30 heavy (non-hydrogen) atoms. The SMILES string of the molecule is O=C(c1cnc(N2CCC(c3nc4ccccc4o3)CC2)c(Cl)c1)N1CCCCC1. The van der Waals surface area contributed by atoms with Crippen LogP contribution in [0.15, 0.2) is 40.9 Å². The zero-order chi connectivity index (χ0) is 20.5. The zero-order valence-electron chi connectivity index (χ0n) is 16.9. The number of piperidine rings is 2. The summed E-state index contributed by atoms with van der Waals surface area (Å²) in [6.45, 7) is 3.30. The molecule has 2 aliphatic heterocycles. The van der Waals surface area contributed by atoms with Crippen LogP contribution in [0.2, 0.25) is 5.02 Å². The van der Waals surface area contributed by atoms with E-state index in [0.29, 0.717) is 16.5 Å². The van der Waals surface area contributed by atoms with E-state index in [1.165, 1.54) is 6.42 Å². The Hall–Kier alpha value is -2.60. The van der Waals surface area contributed by atoms with Crippen LogP contribution in [0.5, 0.6) is 0 Å². The Balaban J connectivity index is 1.26. The molecule has 0 saturated carbocycles. The van der Waals surface area contributed by atoms with Crippen LogP contribution in [0.3, 0.4) is 0 Å². The highest BCUT2D eigenvalue weighted by molar-refractivity contribution is 6.33. The van der Waals surface area contributed by atoms with Crippen molar-refractivity contribution in [2.75, 3.05) is 31.1 Å². The number of benzene rings is 1. The summed E-state index contributed by atoms with van der Waals surface area (Å²) < 4.78 is 5.96. The molecule has 2 aromatic heterocycles. The Morgan fingerprint density at radius 3 is 2.57 bits per heavy atom. The third-order valence-corrected chi connectivity index (χ3v) is 6.44. The van der Waals surface area contributed by atoms with Gasteiger partial charge < -0.3 is 14.2 Å². The standard InChI is InChI=1S/C23H25ClN4O2/c24-18-14-17(23(29)28-10-4-1-5-11-28)15-25-21(18)27-12-8-16(9-13-27)22-26-19-6-2-3-7-20(19)30-22/h2-3,6-7,14-16H,1,4-5,8-13H2. The summed E-state index contributed by atoms with van der Waals surface area (Å²) in [6.07, 6.45) is 6.87. The van der Waals surface area contributed by atoms with Crippen molar-refractivity contribution in [3.8, 4) is 0 Å². The number of hydrogen-bond acceptors (Lipinski definition) is 5. The molecule has 0 radical (unpaired) electrons. The van der Waals surface area contributed by atoms with E-state index in [2.05, 4.69) is 14.9 Å². The topological polar surface area (TPSA) is 62.5 Å². The number of hydrogen-bond donors (Lipinski definition) is 0. The van der Waals surface area contributed by atoms with E-state index in [0.717, 1.165) is 74.7 Å². The molecule has 0 bridgehead atoms. The molecule has 2 saturated heterocycles. The van der Waals surface area contributed by atoms with Crippen LogP contribution < -0.4 is 4.90 Å². The van der Waals surface area contributed by atoms with Crippen molar-refractivity contribution < 1.29 is 9.21 Å². The normalized spacial score (nSPS) is 18.2. The lowest BCUT2D eigenvalue weighted by Gasteiger charge is -2.32. The van der Waals surface area contributed by atoms with Crippen LogP contribution in [-0.2, 0) is 0 Å². The monoisotopic (exact) mass is 424 g/mol. The molecular formula is C23H25ClN4O2. The predicted molar refractivity (Wildman–Crippen MR) is 117 cm³/mol. The second-order valence-electron chi connectivity index (χ2n) is 8.16. The number of nitrogens with zero attached hydrogens (tertiary/aromatic N) is 4. The van der Waals surface area contributed by atoms with Crippen LogP contribution in [0.25, 0.3) is 11.1 Å². The quantitative estimate of drug-likeness (QED) is 0.599. The smallest absolute Gasteiger partial charge is 0.255 e. The molecule has 7 heteroatoms. The summed E-state index contributed by atoms with van der Waals surface area (Å²) in [5.41, 5.74) is 2.33. The highest BCUT2D eigenvalue weighted by Gasteiger charge is 2.27. The molecule has 6 nitrogen and oxygen atoms in total.